The Kier molecular flexibility index (Phi) is 9.54. The van der Waals surface area contributed by atoms with E-state index in [0.29, 0.717) is 11.8 Å². The number of amides is 1. The van der Waals surface area contributed by atoms with Crippen LogP contribution in [0.25, 0.3) is 0 Å². The van der Waals surface area contributed by atoms with Crippen LogP contribution >= 0.6 is 17.0 Å². The average Bonchev–Trinajstić information content (AvgIpc) is 2.67. The Morgan fingerprint density at radius 2 is 1.71 bits per heavy atom. The third-order valence-corrected chi connectivity index (χ3v) is 3.73. The van der Waals surface area contributed by atoms with Crippen molar-refractivity contribution >= 4 is 23.1 Å². The first kappa shape index (κ1) is 20.7. The van der Waals surface area contributed by atoms with Crippen molar-refractivity contribution in [2.45, 2.75) is 60.1 Å². The topological polar surface area (TPSA) is 32.8 Å². The largest absolute Gasteiger partial charge is 0.443 e. The van der Waals surface area contributed by atoms with E-state index in [4.69, 9.17) is 4.74 Å². The molecule has 0 saturated carbocycles. The van der Waals surface area contributed by atoms with E-state index in [-0.39, 0.29) is 35.2 Å². The summed E-state index contributed by atoms with van der Waals surface area (Å²) >= 11 is 0. The lowest BCUT2D eigenvalue weighted by Crippen LogP contribution is -2.40. The van der Waals surface area contributed by atoms with Gasteiger partial charge in [0.1, 0.15) is 6.10 Å². The first-order valence-corrected chi connectivity index (χ1v) is 8.03. The molecule has 1 saturated heterocycles. The summed E-state index contributed by atoms with van der Waals surface area (Å²) < 4.78 is 5.54. The van der Waals surface area contributed by atoms with Gasteiger partial charge in [0.25, 0.3) is 0 Å². The molecule has 0 aromatic heterocycles. The van der Waals surface area contributed by atoms with E-state index in [2.05, 4.69) is 46.4 Å². The summed E-state index contributed by atoms with van der Waals surface area (Å²) in [6.45, 7) is 16.9. The van der Waals surface area contributed by atoms with Gasteiger partial charge in [-0.1, -0.05) is 34.6 Å². The van der Waals surface area contributed by atoms with E-state index in [1.165, 1.54) is 0 Å². The standard InChI is InChI=1S/C16H32N2O2.BrH/c1-7-14(6)18-11-15(20-16(18)19)10-17(8-12(2)3)9-13(4)5;/h12-15H,7-11H2,1-6H3;1H. The number of nitrogens with zero attached hydrogens (tertiary/aromatic N) is 2. The second-order valence-electron chi connectivity index (χ2n) is 6.92. The second kappa shape index (κ2) is 9.67. The fourth-order valence-electron chi connectivity index (χ4n) is 2.76. The number of hydrogen-bond acceptors (Lipinski definition) is 3. The summed E-state index contributed by atoms with van der Waals surface area (Å²) in [4.78, 5) is 16.2. The van der Waals surface area contributed by atoms with Crippen LogP contribution in [-0.4, -0.2) is 54.2 Å². The minimum Gasteiger partial charge on any atom is -0.443 e. The number of ether oxygens (including phenoxy) is 1. The smallest absolute Gasteiger partial charge is 0.410 e. The van der Waals surface area contributed by atoms with Gasteiger partial charge in [0.05, 0.1) is 6.54 Å². The number of cyclic esters (lactones) is 1. The van der Waals surface area contributed by atoms with E-state index < -0.39 is 0 Å². The third kappa shape index (κ3) is 7.00. The van der Waals surface area contributed by atoms with Gasteiger partial charge < -0.3 is 9.64 Å². The van der Waals surface area contributed by atoms with E-state index in [1.807, 2.05) is 4.90 Å². The highest BCUT2D eigenvalue weighted by Crippen LogP contribution is 2.18. The molecule has 1 rings (SSSR count). The molecule has 21 heavy (non-hydrogen) atoms. The van der Waals surface area contributed by atoms with Crippen LogP contribution < -0.4 is 0 Å². The molecule has 126 valence electrons. The van der Waals surface area contributed by atoms with Crippen molar-refractivity contribution in [1.82, 2.24) is 9.80 Å². The summed E-state index contributed by atoms with van der Waals surface area (Å²) in [6.07, 6.45) is 0.858. The highest BCUT2D eigenvalue weighted by atomic mass is 79.9. The van der Waals surface area contributed by atoms with Crippen LogP contribution in [-0.2, 0) is 4.74 Å². The molecular weight excluding hydrogens is 332 g/mol. The van der Waals surface area contributed by atoms with Crippen LogP contribution in [0.15, 0.2) is 0 Å². The van der Waals surface area contributed by atoms with Gasteiger partial charge in [-0.05, 0) is 25.2 Å². The zero-order valence-electron chi connectivity index (χ0n) is 14.5. The molecule has 0 N–H and O–H groups in total. The van der Waals surface area contributed by atoms with Crippen molar-refractivity contribution in [2.24, 2.45) is 11.8 Å². The molecule has 1 amide bonds. The molecule has 2 unspecified atom stereocenters. The third-order valence-electron chi connectivity index (χ3n) is 3.73. The molecule has 0 aliphatic carbocycles. The highest BCUT2D eigenvalue weighted by Gasteiger charge is 2.34. The Morgan fingerprint density at radius 1 is 1.19 bits per heavy atom. The van der Waals surface area contributed by atoms with Gasteiger partial charge in [0.2, 0.25) is 0 Å². The lowest BCUT2D eigenvalue weighted by atomic mass is 10.1. The van der Waals surface area contributed by atoms with Crippen molar-refractivity contribution in [2.75, 3.05) is 26.2 Å². The van der Waals surface area contributed by atoms with Crippen molar-refractivity contribution in [3.63, 3.8) is 0 Å². The molecule has 5 heteroatoms. The monoisotopic (exact) mass is 364 g/mol. The Hall–Kier alpha value is -0.290. The van der Waals surface area contributed by atoms with Crippen LogP contribution in [0.5, 0.6) is 0 Å². The fourth-order valence-corrected chi connectivity index (χ4v) is 2.76. The van der Waals surface area contributed by atoms with Crippen LogP contribution in [0.3, 0.4) is 0 Å². The molecule has 0 spiro atoms. The molecule has 0 aromatic rings. The molecule has 4 nitrogen and oxygen atoms in total. The number of carbonyl (C=O) groups excluding carboxylic acids is 1. The Bertz CT molecular complexity index is 301. The van der Waals surface area contributed by atoms with Crippen LogP contribution in [0.1, 0.15) is 48.0 Å². The molecule has 1 heterocycles. The number of halogens is 1. The number of hydrogen-bond donors (Lipinski definition) is 0. The summed E-state index contributed by atoms with van der Waals surface area (Å²) in [5.41, 5.74) is 0. The maximum atomic E-state index is 11.9. The van der Waals surface area contributed by atoms with Crippen molar-refractivity contribution < 1.29 is 9.53 Å². The highest BCUT2D eigenvalue weighted by molar-refractivity contribution is 8.93. The first-order chi connectivity index (χ1) is 9.33. The van der Waals surface area contributed by atoms with Gasteiger partial charge in [-0.15, -0.1) is 17.0 Å². The SMILES string of the molecule is Br.CCC(C)N1CC(CN(CC(C)C)CC(C)C)OC1=O. The molecule has 1 aliphatic rings. The van der Waals surface area contributed by atoms with Gasteiger partial charge >= 0.3 is 6.09 Å². The minimum atomic E-state index is -0.140. The lowest BCUT2D eigenvalue weighted by Gasteiger charge is -2.28. The first-order valence-electron chi connectivity index (χ1n) is 8.03. The molecule has 1 aliphatic heterocycles. The van der Waals surface area contributed by atoms with Gasteiger partial charge in [-0.25, -0.2) is 4.79 Å². The van der Waals surface area contributed by atoms with Gasteiger partial charge in [0, 0.05) is 25.7 Å². The fraction of sp³-hybridized carbons (Fsp3) is 0.938. The normalized spacial score (nSPS) is 20.1. The van der Waals surface area contributed by atoms with Crippen LogP contribution in [0.4, 0.5) is 4.79 Å². The number of rotatable bonds is 8. The van der Waals surface area contributed by atoms with Crippen LogP contribution in [0.2, 0.25) is 0 Å². The summed E-state index contributed by atoms with van der Waals surface area (Å²) in [7, 11) is 0. The zero-order chi connectivity index (χ0) is 15.3. The number of carbonyl (C=O) groups is 1. The maximum Gasteiger partial charge on any atom is 0.410 e. The van der Waals surface area contributed by atoms with Gasteiger partial charge in [-0.3, -0.25) is 4.90 Å². The molecule has 0 bridgehead atoms. The van der Waals surface area contributed by atoms with E-state index in [1.54, 1.807) is 0 Å². The Labute approximate surface area is 141 Å². The average molecular weight is 365 g/mol. The predicted molar refractivity (Wildman–Crippen MR) is 93.2 cm³/mol. The van der Waals surface area contributed by atoms with Crippen molar-refractivity contribution in [1.29, 1.82) is 0 Å². The summed E-state index contributed by atoms with van der Waals surface area (Å²) in [5.74, 6) is 1.27. The Balaban J connectivity index is 0.00000400. The molecule has 1 fully saturated rings. The Morgan fingerprint density at radius 3 is 2.14 bits per heavy atom. The molecule has 2 atom stereocenters. The molecule has 0 aromatic carbocycles. The van der Waals surface area contributed by atoms with E-state index in [9.17, 15) is 4.79 Å². The van der Waals surface area contributed by atoms with Crippen molar-refractivity contribution in [3.8, 4) is 0 Å². The van der Waals surface area contributed by atoms with Gasteiger partial charge in [-0.2, -0.15) is 0 Å². The second-order valence-corrected chi connectivity index (χ2v) is 6.92. The minimum absolute atomic E-state index is 0. The van der Waals surface area contributed by atoms with E-state index in [0.717, 1.165) is 32.6 Å². The van der Waals surface area contributed by atoms with Gasteiger partial charge in [0.15, 0.2) is 0 Å². The summed E-state index contributed by atoms with van der Waals surface area (Å²) in [6, 6.07) is 0.274. The van der Waals surface area contributed by atoms with Crippen LogP contribution in [0, 0.1) is 11.8 Å². The lowest BCUT2D eigenvalue weighted by molar-refractivity contribution is 0.0966. The summed E-state index contributed by atoms with van der Waals surface area (Å²) in [5, 5.41) is 0. The van der Waals surface area contributed by atoms with E-state index >= 15 is 0 Å². The zero-order valence-corrected chi connectivity index (χ0v) is 16.2. The quantitative estimate of drug-likeness (QED) is 0.656. The molecular formula is C16H33BrN2O2. The maximum absolute atomic E-state index is 11.9. The van der Waals surface area contributed by atoms with Crippen molar-refractivity contribution in [3.05, 3.63) is 0 Å². The predicted octanol–water partition coefficient (Wildman–Crippen LogP) is 3.80. The molecule has 0 radical (unpaired) electrons.